The van der Waals surface area contributed by atoms with Crippen molar-refractivity contribution in [2.45, 2.75) is 45.4 Å². The summed E-state index contributed by atoms with van der Waals surface area (Å²) < 4.78 is 5.52. The van der Waals surface area contributed by atoms with E-state index in [1.807, 2.05) is 16.7 Å². The molecule has 2 amide bonds. The third-order valence-electron chi connectivity index (χ3n) is 7.63. The number of amides is 2. The number of piperazine rings is 1. The molecule has 5 aliphatic rings. The molecule has 0 spiro atoms. The van der Waals surface area contributed by atoms with E-state index in [1.54, 1.807) is 18.3 Å². The van der Waals surface area contributed by atoms with Crippen LogP contribution in [0, 0.1) is 23.2 Å². The normalized spacial score (nSPS) is 33.1. The number of hydrogen-bond donors (Lipinski definition) is 0. The zero-order valence-corrected chi connectivity index (χ0v) is 17.3. The zero-order chi connectivity index (χ0) is 20.0. The van der Waals surface area contributed by atoms with Crippen LogP contribution in [0.3, 0.4) is 0 Å². The fourth-order valence-corrected chi connectivity index (χ4v) is 6.80. The first-order valence-electron chi connectivity index (χ1n) is 11.2. The largest absolute Gasteiger partial charge is 0.477 e. The molecule has 1 aliphatic heterocycles. The van der Waals surface area contributed by atoms with Crippen molar-refractivity contribution in [2.24, 2.45) is 23.2 Å². The van der Waals surface area contributed by atoms with Crippen LogP contribution in [0.15, 0.2) is 18.3 Å². The quantitative estimate of drug-likeness (QED) is 0.784. The second-order valence-corrected chi connectivity index (χ2v) is 9.57. The van der Waals surface area contributed by atoms with Crippen LogP contribution in [0.4, 0.5) is 0 Å². The van der Waals surface area contributed by atoms with Gasteiger partial charge in [-0.25, -0.2) is 4.98 Å². The van der Waals surface area contributed by atoms with E-state index in [0.717, 1.165) is 37.0 Å². The number of carbonyl (C=O) groups excluding carboxylic acids is 2. The summed E-state index contributed by atoms with van der Waals surface area (Å²) in [5.74, 6) is 3.04. The minimum absolute atomic E-state index is 0.0524. The summed E-state index contributed by atoms with van der Waals surface area (Å²) in [6.45, 7) is 4.80. The number of carbonyl (C=O) groups is 2. The smallest absolute Gasteiger partial charge is 0.259 e. The third kappa shape index (κ3) is 3.30. The SMILES string of the molecule is CCOc1ncccc1C(=O)N1CCN(C(=O)C23CC4CC(CC(C4)C2)C3)CC1. The zero-order valence-electron chi connectivity index (χ0n) is 17.3. The lowest BCUT2D eigenvalue weighted by Gasteiger charge is -2.57. The molecule has 1 aromatic rings. The molecular formula is C23H31N3O3. The lowest BCUT2D eigenvalue weighted by Crippen LogP contribution is -2.58. The Kier molecular flexibility index (Phi) is 4.75. The molecule has 4 bridgehead atoms. The van der Waals surface area contributed by atoms with Crippen molar-refractivity contribution < 1.29 is 14.3 Å². The van der Waals surface area contributed by atoms with E-state index >= 15 is 0 Å². The van der Waals surface area contributed by atoms with E-state index in [-0.39, 0.29) is 11.3 Å². The highest BCUT2D eigenvalue weighted by Crippen LogP contribution is 2.60. The van der Waals surface area contributed by atoms with E-state index in [9.17, 15) is 9.59 Å². The van der Waals surface area contributed by atoms with Gasteiger partial charge in [-0.2, -0.15) is 0 Å². The molecule has 0 aromatic carbocycles. The Hall–Kier alpha value is -2.11. The van der Waals surface area contributed by atoms with Crippen LogP contribution in [0.2, 0.25) is 0 Å². The van der Waals surface area contributed by atoms with Crippen LogP contribution in [0.1, 0.15) is 55.8 Å². The van der Waals surface area contributed by atoms with Crippen molar-refractivity contribution >= 4 is 11.8 Å². The summed E-state index contributed by atoms with van der Waals surface area (Å²) in [6.07, 6.45) is 9.00. The van der Waals surface area contributed by atoms with Gasteiger partial charge in [-0.15, -0.1) is 0 Å². The molecule has 29 heavy (non-hydrogen) atoms. The maximum absolute atomic E-state index is 13.5. The van der Waals surface area contributed by atoms with Crippen LogP contribution in [-0.4, -0.2) is 59.4 Å². The molecule has 156 valence electrons. The van der Waals surface area contributed by atoms with E-state index in [4.69, 9.17) is 4.74 Å². The Morgan fingerprint density at radius 1 is 1.03 bits per heavy atom. The van der Waals surface area contributed by atoms with Crippen LogP contribution in [-0.2, 0) is 4.79 Å². The first-order valence-corrected chi connectivity index (χ1v) is 11.2. The summed E-state index contributed by atoms with van der Waals surface area (Å²) in [5.41, 5.74) is 0.419. The summed E-state index contributed by atoms with van der Waals surface area (Å²) >= 11 is 0. The highest BCUT2D eigenvalue weighted by molar-refractivity contribution is 5.96. The Balaban J connectivity index is 1.24. The molecule has 0 N–H and O–H groups in total. The van der Waals surface area contributed by atoms with Gasteiger partial charge in [0.15, 0.2) is 0 Å². The average Bonchev–Trinajstić information content (AvgIpc) is 2.72. The second-order valence-electron chi connectivity index (χ2n) is 9.57. The predicted molar refractivity (Wildman–Crippen MR) is 108 cm³/mol. The molecule has 0 radical (unpaired) electrons. The fraction of sp³-hybridized carbons (Fsp3) is 0.696. The predicted octanol–water partition coefficient (Wildman–Crippen LogP) is 2.98. The van der Waals surface area contributed by atoms with Gasteiger partial charge in [-0.05, 0) is 75.3 Å². The molecule has 4 saturated carbocycles. The molecule has 0 atom stereocenters. The van der Waals surface area contributed by atoms with Gasteiger partial charge < -0.3 is 14.5 Å². The lowest BCUT2D eigenvalue weighted by atomic mass is 9.49. The Morgan fingerprint density at radius 3 is 2.21 bits per heavy atom. The van der Waals surface area contributed by atoms with Gasteiger partial charge in [-0.3, -0.25) is 9.59 Å². The van der Waals surface area contributed by atoms with Crippen LogP contribution >= 0.6 is 0 Å². The second kappa shape index (κ2) is 7.29. The van der Waals surface area contributed by atoms with Gasteiger partial charge in [0.05, 0.1) is 12.0 Å². The van der Waals surface area contributed by atoms with Crippen molar-refractivity contribution in [3.8, 4) is 5.88 Å². The fourth-order valence-electron chi connectivity index (χ4n) is 6.80. The highest BCUT2D eigenvalue weighted by Gasteiger charge is 2.55. The molecule has 6 rings (SSSR count). The standard InChI is InChI=1S/C23H31N3O3/c1-2-29-20-19(4-3-5-24-20)21(27)25-6-8-26(9-7-25)22(28)23-13-16-10-17(14-23)12-18(11-16)15-23/h3-5,16-18H,2,6-15H2,1H3. The van der Waals surface area contributed by atoms with E-state index in [1.165, 1.54) is 19.3 Å². The van der Waals surface area contributed by atoms with Crippen LogP contribution < -0.4 is 4.74 Å². The van der Waals surface area contributed by atoms with Gasteiger partial charge in [0.25, 0.3) is 5.91 Å². The summed E-state index contributed by atoms with van der Waals surface area (Å²) in [4.78, 5) is 34.6. The molecule has 6 nitrogen and oxygen atoms in total. The maximum Gasteiger partial charge on any atom is 0.259 e. The Morgan fingerprint density at radius 2 is 1.62 bits per heavy atom. The van der Waals surface area contributed by atoms with Gasteiger partial charge in [0.2, 0.25) is 11.8 Å². The number of hydrogen-bond acceptors (Lipinski definition) is 4. The first-order chi connectivity index (χ1) is 14.1. The van der Waals surface area contributed by atoms with E-state index in [2.05, 4.69) is 4.98 Å². The monoisotopic (exact) mass is 397 g/mol. The number of pyridine rings is 1. The van der Waals surface area contributed by atoms with Gasteiger partial charge >= 0.3 is 0 Å². The molecule has 6 heteroatoms. The van der Waals surface area contributed by atoms with Crippen LogP contribution in [0.25, 0.3) is 0 Å². The summed E-state index contributed by atoms with van der Waals surface area (Å²) in [7, 11) is 0. The molecule has 1 saturated heterocycles. The average molecular weight is 398 g/mol. The Bertz CT molecular complexity index is 765. The van der Waals surface area contributed by atoms with Gasteiger partial charge in [-0.1, -0.05) is 0 Å². The van der Waals surface area contributed by atoms with Crippen molar-refractivity contribution in [1.82, 2.24) is 14.8 Å². The summed E-state index contributed by atoms with van der Waals surface area (Å²) in [6, 6.07) is 3.54. The number of ether oxygens (including phenoxy) is 1. The van der Waals surface area contributed by atoms with Gasteiger partial charge in [0.1, 0.15) is 5.56 Å². The van der Waals surface area contributed by atoms with Crippen molar-refractivity contribution in [1.29, 1.82) is 0 Å². The minimum atomic E-state index is -0.0909. The molecular weight excluding hydrogens is 366 g/mol. The van der Waals surface area contributed by atoms with E-state index in [0.29, 0.717) is 50.1 Å². The maximum atomic E-state index is 13.5. The summed E-state index contributed by atoms with van der Waals surface area (Å²) in [5, 5.41) is 0. The van der Waals surface area contributed by atoms with Crippen LogP contribution in [0.5, 0.6) is 5.88 Å². The molecule has 5 fully saturated rings. The molecule has 4 aliphatic carbocycles. The lowest BCUT2D eigenvalue weighted by molar-refractivity contribution is -0.159. The van der Waals surface area contributed by atoms with E-state index < -0.39 is 0 Å². The molecule has 2 heterocycles. The van der Waals surface area contributed by atoms with Crippen molar-refractivity contribution in [3.05, 3.63) is 23.9 Å². The first kappa shape index (κ1) is 18.9. The highest BCUT2D eigenvalue weighted by atomic mass is 16.5. The number of nitrogens with zero attached hydrogens (tertiary/aromatic N) is 3. The topological polar surface area (TPSA) is 62.7 Å². The number of aromatic nitrogens is 1. The van der Waals surface area contributed by atoms with Gasteiger partial charge in [0, 0.05) is 32.4 Å². The van der Waals surface area contributed by atoms with Crippen molar-refractivity contribution in [3.63, 3.8) is 0 Å². The Labute approximate surface area is 172 Å². The third-order valence-corrected chi connectivity index (χ3v) is 7.63. The van der Waals surface area contributed by atoms with Crippen molar-refractivity contribution in [2.75, 3.05) is 32.8 Å². The molecule has 1 aromatic heterocycles. The minimum Gasteiger partial charge on any atom is -0.477 e. The molecule has 0 unspecified atom stereocenters. The number of rotatable bonds is 4.